The van der Waals surface area contributed by atoms with Gasteiger partial charge in [-0.25, -0.2) is 0 Å². The zero-order valence-electron chi connectivity index (χ0n) is 11.6. The van der Waals surface area contributed by atoms with Gasteiger partial charge in [-0.1, -0.05) is 27.5 Å². The average Bonchev–Trinajstić information content (AvgIpc) is 2.74. The van der Waals surface area contributed by atoms with Crippen LogP contribution in [0.2, 0.25) is 5.02 Å². The Kier molecular flexibility index (Phi) is 4.94. The number of hydrogen-bond acceptors (Lipinski definition) is 3. The van der Waals surface area contributed by atoms with E-state index < -0.39 is 0 Å². The van der Waals surface area contributed by atoms with Crippen LogP contribution in [-0.2, 0) is 19.0 Å². The van der Waals surface area contributed by atoms with Gasteiger partial charge in [0.05, 0.1) is 23.5 Å². The number of hydrogen-bond donors (Lipinski definition) is 0. The molecule has 0 spiro atoms. The molecule has 0 saturated heterocycles. The van der Waals surface area contributed by atoms with Crippen molar-refractivity contribution in [3.63, 3.8) is 0 Å². The van der Waals surface area contributed by atoms with Crippen LogP contribution in [0.15, 0.2) is 18.2 Å². The molecule has 0 aliphatic heterocycles. The average molecular weight is 360 g/mol. The van der Waals surface area contributed by atoms with Gasteiger partial charge >= 0.3 is 0 Å². The number of methoxy groups -OCH3 is 1. The molecule has 4 nitrogen and oxygen atoms in total. The molecule has 1 aromatic heterocycles. The summed E-state index contributed by atoms with van der Waals surface area (Å²) in [5, 5.41) is 5.53. The van der Waals surface area contributed by atoms with E-state index in [4.69, 9.17) is 21.1 Å². The Morgan fingerprint density at radius 1 is 1.35 bits per heavy atom. The molecule has 2 aromatic rings. The molecule has 0 unspecified atom stereocenters. The van der Waals surface area contributed by atoms with Crippen LogP contribution in [0, 0.1) is 6.92 Å². The fraction of sp³-hybridized carbons (Fsp3) is 0.357. The van der Waals surface area contributed by atoms with Crippen LogP contribution in [0.4, 0.5) is 0 Å². The zero-order chi connectivity index (χ0) is 14.7. The van der Waals surface area contributed by atoms with Crippen LogP contribution in [0.3, 0.4) is 0 Å². The number of halogens is 2. The van der Waals surface area contributed by atoms with Gasteiger partial charge in [0.2, 0.25) is 0 Å². The lowest BCUT2D eigenvalue weighted by molar-refractivity contribution is 0.276. The molecule has 108 valence electrons. The van der Waals surface area contributed by atoms with Crippen molar-refractivity contribution in [1.82, 2.24) is 9.78 Å². The predicted molar refractivity (Wildman–Crippen MR) is 82.9 cm³/mol. The van der Waals surface area contributed by atoms with Crippen LogP contribution in [0.5, 0.6) is 11.5 Å². The van der Waals surface area contributed by atoms with E-state index in [1.165, 1.54) is 0 Å². The predicted octanol–water partition coefficient (Wildman–Crippen LogP) is 3.86. The number of alkyl halides is 1. The molecule has 0 bridgehead atoms. The minimum Gasteiger partial charge on any atom is -0.493 e. The second-order valence-corrected chi connectivity index (χ2v) is 5.40. The van der Waals surface area contributed by atoms with Crippen molar-refractivity contribution >= 4 is 27.5 Å². The van der Waals surface area contributed by atoms with E-state index in [2.05, 4.69) is 21.0 Å². The number of benzene rings is 1. The van der Waals surface area contributed by atoms with Gasteiger partial charge in [-0.15, -0.1) is 0 Å². The Labute approximate surface area is 131 Å². The fourth-order valence-corrected chi connectivity index (χ4v) is 2.55. The number of aryl methyl sites for hydroxylation is 2. The maximum atomic E-state index is 6.26. The SMILES string of the molecule is COc1cc(CBr)cc(Cl)c1OCc1cc(C)nn1C. The first-order valence-corrected chi connectivity index (χ1v) is 7.59. The Morgan fingerprint density at radius 3 is 2.65 bits per heavy atom. The Morgan fingerprint density at radius 2 is 2.10 bits per heavy atom. The van der Waals surface area contributed by atoms with Crippen LogP contribution in [-0.4, -0.2) is 16.9 Å². The lowest BCUT2D eigenvalue weighted by Gasteiger charge is -2.13. The number of ether oxygens (including phenoxy) is 2. The van der Waals surface area contributed by atoms with Gasteiger partial charge in [-0.2, -0.15) is 5.10 Å². The molecule has 0 aliphatic carbocycles. The van der Waals surface area contributed by atoms with E-state index in [-0.39, 0.29) is 0 Å². The van der Waals surface area contributed by atoms with Crippen LogP contribution >= 0.6 is 27.5 Å². The first-order chi connectivity index (χ1) is 9.55. The van der Waals surface area contributed by atoms with Gasteiger partial charge in [0, 0.05) is 12.4 Å². The highest BCUT2D eigenvalue weighted by molar-refractivity contribution is 9.08. The van der Waals surface area contributed by atoms with Crippen molar-refractivity contribution in [2.45, 2.75) is 18.9 Å². The van der Waals surface area contributed by atoms with E-state index in [1.807, 2.05) is 32.2 Å². The van der Waals surface area contributed by atoms with Crippen LogP contribution in [0.1, 0.15) is 17.0 Å². The molecule has 0 amide bonds. The molecule has 0 atom stereocenters. The summed E-state index contributed by atoms with van der Waals surface area (Å²) in [6, 6.07) is 5.75. The maximum absolute atomic E-state index is 6.26. The summed E-state index contributed by atoms with van der Waals surface area (Å²) < 4.78 is 12.9. The van der Waals surface area contributed by atoms with Gasteiger partial charge in [0.25, 0.3) is 0 Å². The molecule has 1 heterocycles. The van der Waals surface area contributed by atoms with E-state index >= 15 is 0 Å². The summed E-state index contributed by atoms with van der Waals surface area (Å²) in [5.74, 6) is 1.18. The smallest absolute Gasteiger partial charge is 0.180 e. The van der Waals surface area contributed by atoms with Gasteiger partial charge < -0.3 is 9.47 Å². The molecule has 0 N–H and O–H groups in total. The quantitative estimate of drug-likeness (QED) is 0.761. The van der Waals surface area contributed by atoms with E-state index in [1.54, 1.807) is 11.8 Å². The van der Waals surface area contributed by atoms with E-state index in [9.17, 15) is 0 Å². The van der Waals surface area contributed by atoms with Crippen molar-refractivity contribution in [1.29, 1.82) is 0 Å². The number of rotatable bonds is 5. The molecular weight excluding hydrogens is 344 g/mol. The summed E-state index contributed by atoms with van der Waals surface area (Å²) in [7, 11) is 3.49. The third kappa shape index (κ3) is 3.27. The van der Waals surface area contributed by atoms with E-state index in [0.29, 0.717) is 28.5 Å². The second kappa shape index (κ2) is 6.50. The minimum absolute atomic E-state index is 0.390. The Hall–Kier alpha value is -1.20. The first-order valence-electron chi connectivity index (χ1n) is 6.09. The molecule has 1 aromatic carbocycles. The molecular formula is C14H16BrClN2O2. The van der Waals surface area contributed by atoms with E-state index in [0.717, 1.165) is 17.0 Å². The van der Waals surface area contributed by atoms with Crippen molar-refractivity contribution in [3.8, 4) is 11.5 Å². The van der Waals surface area contributed by atoms with Gasteiger partial charge in [-0.3, -0.25) is 4.68 Å². The monoisotopic (exact) mass is 358 g/mol. The summed E-state index contributed by atoms with van der Waals surface area (Å²) in [4.78, 5) is 0. The van der Waals surface area contributed by atoms with Gasteiger partial charge in [0.15, 0.2) is 11.5 Å². The van der Waals surface area contributed by atoms with Gasteiger partial charge in [0.1, 0.15) is 6.61 Å². The standard InChI is InChI=1S/C14H16BrClN2O2/c1-9-4-11(18(2)17-9)8-20-14-12(16)5-10(7-15)6-13(14)19-3/h4-6H,7-8H2,1-3H3. The van der Waals surface area contributed by atoms with Crippen molar-refractivity contribution < 1.29 is 9.47 Å². The highest BCUT2D eigenvalue weighted by atomic mass is 79.9. The zero-order valence-corrected chi connectivity index (χ0v) is 14.0. The maximum Gasteiger partial charge on any atom is 0.180 e. The van der Waals surface area contributed by atoms with Crippen LogP contribution in [0.25, 0.3) is 0 Å². The van der Waals surface area contributed by atoms with Gasteiger partial charge in [-0.05, 0) is 30.7 Å². The lowest BCUT2D eigenvalue weighted by Crippen LogP contribution is -2.04. The summed E-state index contributed by atoms with van der Waals surface area (Å²) in [5.41, 5.74) is 2.97. The number of nitrogens with zero attached hydrogens (tertiary/aromatic N) is 2. The molecule has 0 fully saturated rings. The number of aromatic nitrogens is 2. The molecule has 2 rings (SSSR count). The molecule has 6 heteroatoms. The molecule has 0 saturated carbocycles. The highest BCUT2D eigenvalue weighted by Gasteiger charge is 2.13. The van der Waals surface area contributed by atoms with Crippen molar-refractivity contribution in [3.05, 3.63) is 40.2 Å². The fourth-order valence-electron chi connectivity index (χ4n) is 1.94. The topological polar surface area (TPSA) is 36.3 Å². The Bertz CT molecular complexity index is 613. The molecule has 0 aliphatic rings. The summed E-state index contributed by atoms with van der Waals surface area (Å²) >= 11 is 9.66. The minimum atomic E-state index is 0.390. The molecule has 20 heavy (non-hydrogen) atoms. The Balaban J connectivity index is 2.22. The third-order valence-corrected chi connectivity index (χ3v) is 3.84. The highest BCUT2D eigenvalue weighted by Crippen LogP contribution is 2.37. The van der Waals surface area contributed by atoms with Crippen molar-refractivity contribution in [2.75, 3.05) is 7.11 Å². The summed E-state index contributed by atoms with van der Waals surface area (Å²) in [6.07, 6.45) is 0. The van der Waals surface area contributed by atoms with Crippen molar-refractivity contribution in [2.24, 2.45) is 7.05 Å². The lowest BCUT2D eigenvalue weighted by atomic mass is 10.2. The largest absolute Gasteiger partial charge is 0.493 e. The normalized spacial score (nSPS) is 10.7. The summed E-state index contributed by atoms with van der Waals surface area (Å²) in [6.45, 7) is 2.34. The second-order valence-electron chi connectivity index (χ2n) is 4.43. The molecule has 0 radical (unpaired) electrons. The third-order valence-electron chi connectivity index (χ3n) is 2.91. The first kappa shape index (κ1) is 15.2. The van der Waals surface area contributed by atoms with Crippen LogP contribution < -0.4 is 9.47 Å².